The van der Waals surface area contributed by atoms with Crippen LogP contribution >= 0.6 is 11.6 Å². The number of nitrogens with one attached hydrogen (secondary N) is 2. The number of methoxy groups -OCH3 is 1. The largest absolute Gasteiger partial charge is 0.497 e. The zero-order chi connectivity index (χ0) is 21.4. The fourth-order valence-electron chi connectivity index (χ4n) is 2.08. The first-order chi connectivity index (χ1) is 13.7. The molecule has 1 aromatic heterocycles. The number of ether oxygens (including phenoxy) is 2. The highest BCUT2D eigenvalue weighted by Gasteiger charge is 2.29. The molecule has 0 aliphatic rings. The number of aromatic nitrogens is 1. The highest BCUT2D eigenvalue weighted by atomic mass is 35.5. The van der Waals surface area contributed by atoms with Crippen LogP contribution in [0.3, 0.4) is 0 Å². The lowest BCUT2D eigenvalue weighted by atomic mass is 10.2. The summed E-state index contributed by atoms with van der Waals surface area (Å²) in [6.07, 6.45) is -3.54. The smallest absolute Gasteiger partial charge is 0.422 e. The molecule has 0 bridgehead atoms. The highest BCUT2D eigenvalue weighted by molar-refractivity contribution is 6.32. The molecule has 0 unspecified atom stereocenters. The van der Waals surface area contributed by atoms with Crippen molar-refractivity contribution in [3.63, 3.8) is 0 Å². The van der Waals surface area contributed by atoms with Crippen LogP contribution in [-0.2, 0) is 11.3 Å². The average molecular weight is 432 g/mol. The molecule has 156 valence electrons. The molecule has 2 aromatic rings. The molecular weight excluding hydrogens is 415 g/mol. The number of carbonyl (C=O) groups excluding carboxylic acids is 2. The Morgan fingerprint density at radius 3 is 2.45 bits per heavy atom. The van der Waals surface area contributed by atoms with Gasteiger partial charge in [0, 0.05) is 12.7 Å². The Balaban J connectivity index is 1.81. The summed E-state index contributed by atoms with van der Waals surface area (Å²) in [5.74, 6) is -0.855. The molecule has 0 radical (unpaired) electrons. The lowest BCUT2D eigenvalue weighted by molar-refractivity contribution is -0.154. The van der Waals surface area contributed by atoms with Gasteiger partial charge in [0.2, 0.25) is 11.8 Å². The van der Waals surface area contributed by atoms with Crippen molar-refractivity contribution in [2.75, 3.05) is 20.3 Å². The summed E-state index contributed by atoms with van der Waals surface area (Å²) in [5.41, 5.74) is 0.813. The quantitative estimate of drug-likeness (QED) is 0.671. The lowest BCUT2D eigenvalue weighted by Gasteiger charge is -2.11. The highest BCUT2D eigenvalue weighted by Crippen LogP contribution is 2.24. The first-order valence-corrected chi connectivity index (χ1v) is 8.58. The number of nitrogens with zero attached hydrogens (tertiary/aromatic N) is 1. The SMILES string of the molecule is COc1ccc(CNC(=O)CNC(=O)c2cnc(OCC(F)(F)F)c(Cl)c2)cc1. The maximum absolute atomic E-state index is 12.2. The lowest BCUT2D eigenvalue weighted by Crippen LogP contribution is -2.36. The van der Waals surface area contributed by atoms with Gasteiger partial charge in [-0.3, -0.25) is 9.59 Å². The summed E-state index contributed by atoms with van der Waals surface area (Å²) >= 11 is 5.78. The van der Waals surface area contributed by atoms with E-state index in [0.29, 0.717) is 5.75 Å². The van der Waals surface area contributed by atoms with E-state index in [4.69, 9.17) is 16.3 Å². The van der Waals surface area contributed by atoms with Crippen LogP contribution in [0.4, 0.5) is 13.2 Å². The van der Waals surface area contributed by atoms with Gasteiger partial charge in [0.25, 0.3) is 5.91 Å². The predicted octanol–water partition coefficient (Wildman–Crippen LogP) is 2.73. The average Bonchev–Trinajstić information content (AvgIpc) is 2.69. The Labute approximate surface area is 169 Å². The summed E-state index contributed by atoms with van der Waals surface area (Å²) in [6.45, 7) is -1.60. The number of pyridine rings is 1. The summed E-state index contributed by atoms with van der Waals surface area (Å²) < 4.78 is 46.0. The minimum absolute atomic E-state index is 0.0303. The van der Waals surface area contributed by atoms with E-state index in [-0.39, 0.29) is 23.7 Å². The van der Waals surface area contributed by atoms with Crippen LogP contribution in [0.15, 0.2) is 36.5 Å². The van der Waals surface area contributed by atoms with E-state index >= 15 is 0 Å². The molecule has 0 aliphatic heterocycles. The second kappa shape index (κ2) is 9.97. The van der Waals surface area contributed by atoms with Gasteiger partial charge in [-0.15, -0.1) is 0 Å². The fraction of sp³-hybridized carbons (Fsp3) is 0.278. The summed E-state index contributed by atoms with van der Waals surface area (Å²) in [5, 5.41) is 4.74. The molecular formula is C18H17ClF3N3O4. The van der Waals surface area contributed by atoms with Crippen molar-refractivity contribution in [3.8, 4) is 11.6 Å². The summed E-state index contributed by atoms with van der Waals surface area (Å²) in [6, 6.07) is 8.18. The van der Waals surface area contributed by atoms with Crippen LogP contribution in [-0.4, -0.2) is 43.2 Å². The van der Waals surface area contributed by atoms with Crippen LogP contribution in [0.1, 0.15) is 15.9 Å². The number of alkyl halides is 3. The topological polar surface area (TPSA) is 89.6 Å². The maximum atomic E-state index is 12.2. The first-order valence-electron chi connectivity index (χ1n) is 8.21. The molecule has 0 spiro atoms. The Morgan fingerprint density at radius 2 is 1.86 bits per heavy atom. The van der Waals surface area contributed by atoms with E-state index in [2.05, 4.69) is 20.4 Å². The third-order valence-corrected chi connectivity index (χ3v) is 3.77. The molecule has 2 rings (SSSR count). The number of amides is 2. The van der Waals surface area contributed by atoms with Crippen molar-refractivity contribution < 1.29 is 32.2 Å². The van der Waals surface area contributed by atoms with E-state index in [0.717, 1.165) is 17.8 Å². The van der Waals surface area contributed by atoms with Gasteiger partial charge in [0.05, 0.1) is 19.2 Å². The maximum Gasteiger partial charge on any atom is 0.422 e. The Morgan fingerprint density at radius 1 is 1.17 bits per heavy atom. The van der Waals surface area contributed by atoms with Crippen molar-refractivity contribution in [2.45, 2.75) is 12.7 Å². The number of hydrogen-bond donors (Lipinski definition) is 2. The van der Waals surface area contributed by atoms with Gasteiger partial charge in [-0.05, 0) is 23.8 Å². The van der Waals surface area contributed by atoms with E-state index in [1.807, 2.05) is 0 Å². The minimum Gasteiger partial charge on any atom is -0.497 e. The van der Waals surface area contributed by atoms with E-state index in [9.17, 15) is 22.8 Å². The Bertz CT molecular complexity index is 860. The van der Waals surface area contributed by atoms with Gasteiger partial charge in [0.1, 0.15) is 10.8 Å². The van der Waals surface area contributed by atoms with Crippen LogP contribution in [0.5, 0.6) is 11.6 Å². The third-order valence-electron chi connectivity index (χ3n) is 3.50. The van der Waals surface area contributed by atoms with Gasteiger partial charge in [-0.2, -0.15) is 13.2 Å². The van der Waals surface area contributed by atoms with Crippen LogP contribution in [0.25, 0.3) is 0 Å². The van der Waals surface area contributed by atoms with Gasteiger partial charge in [-0.1, -0.05) is 23.7 Å². The predicted molar refractivity (Wildman–Crippen MR) is 98.0 cm³/mol. The van der Waals surface area contributed by atoms with Crippen LogP contribution in [0.2, 0.25) is 5.02 Å². The Kier molecular flexibility index (Phi) is 7.66. The Hall–Kier alpha value is -3.01. The van der Waals surface area contributed by atoms with Crippen molar-refractivity contribution in [1.82, 2.24) is 15.6 Å². The molecule has 0 atom stereocenters. The zero-order valence-corrected chi connectivity index (χ0v) is 15.9. The number of benzene rings is 1. The zero-order valence-electron chi connectivity index (χ0n) is 15.2. The van der Waals surface area contributed by atoms with E-state index in [1.165, 1.54) is 0 Å². The van der Waals surface area contributed by atoms with Crippen molar-refractivity contribution >= 4 is 23.4 Å². The van der Waals surface area contributed by atoms with E-state index < -0.39 is 30.5 Å². The molecule has 0 aliphatic carbocycles. The molecule has 2 amide bonds. The number of rotatable bonds is 8. The molecule has 7 nitrogen and oxygen atoms in total. The van der Waals surface area contributed by atoms with Gasteiger partial charge in [0.15, 0.2) is 6.61 Å². The van der Waals surface area contributed by atoms with Gasteiger partial charge in [-0.25, -0.2) is 4.98 Å². The minimum atomic E-state index is -4.54. The molecule has 1 aromatic carbocycles. The molecule has 0 saturated heterocycles. The second-order valence-corrected chi connectivity index (χ2v) is 6.13. The van der Waals surface area contributed by atoms with Crippen LogP contribution < -0.4 is 20.1 Å². The molecule has 29 heavy (non-hydrogen) atoms. The van der Waals surface area contributed by atoms with Crippen LogP contribution in [0, 0.1) is 0 Å². The summed E-state index contributed by atoms with van der Waals surface area (Å²) in [7, 11) is 1.55. The summed E-state index contributed by atoms with van der Waals surface area (Å²) in [4.78, 5) is 27.5. The van der Waals surface area contributed by atoms with Gasteiger partial charge < -0.3 is 20.1 Å². The number of hydrogen-bond acceptors (Lipinski definition) is 5. The number of halogens is 4. The van der Waals surface area contributed by atoms with Crippen molar-refractivity contribution in [3.05, 3.63) is 52.7 Å². The number of carbonyl (C=O) groups is 2. The molecule has 0 saturated carbocycles. The molecule has 11 heteroatoms. The molecule has 0 fully saturated rings. The van der Waals surface area contributed by atoms with Gasteiger partial charge >= 0.3 is 6.18 Å². The van der Waals surface area contributed by atoms with E-state index in [1.54, 1.807) is 31.4 Å². The first kappa shape index (κ1) is 22.3. The van der Waals surface area contributed by atoms with Crippen molar-refractivity contribution in [2.24, 2.45) is 0 Å². The monoisotopic (exact) mass is 431 g/mol. The normalized spacial score (nSPS) is 10.9. The van der Waals surface area contributed by atoms with Crippen molar-refractivity contribution in [1.29, 1.82) is 0 Å². The third kappa shape index (κ3) is 7.49. The standard InChI is InChI=1S/C18H17ClF3N3O4/c1-28-13-4-2-11(3-5-13)7-23-15(26)9-24-16(27)12-6-14(19)17(25-8-12)29-10-18(20,21)22/h2-6,8H,7,9-10H2,1H3,(H,23,26)(H,24,27). The second-order valence-electron chi connectivity index (χ2n) is 5.72. The molecule has 1 heterocycles. The fourth-order valence-corrected chi connectivity index (χ4v) is 2.30. The molecule has 2 N–H and O–H groups in total.